The van der Waals surface area contributed by atoms with Crippen LogP contribution in [0, 0.1) is 0 Å². The summed E-state index contributed by atoms with van der Waals surface area (Å²) in [5.41, 5.74) is 2.56. The van der Waals surface area contributed by atoms with Gasteiger partial charge in [0.25, 0.3) is 0 Å². The Bertz CT molecular complexity index is 1390. The van der Waals surface area contributed by atoms with Crippen LogP contribution in [0.4, 0.5) is 21.0 Å². The molecule has 0 aliphatic carbocycles. The molecule has 1 aromatic carbocycles. The fourth-order valence-electron chi connectivity index (χ4n) is 6.14. The Labute approximate surface area is 311 Å². The van der Waals surface area contributed by atoms with Crippen molar-refractivity contribution in [3.8, 4) is 11.4 Å². The van der Waals surface area contributed by atoms with Gasteiger partial charge in [-0.15, -0.1) is 5.10 Å². The van der Waals surface area contributed by atoms with Gasteiger partial charge in [-0.1, -0.05) is 162 Å². The zero-order valence-electron chi connectivity index (χ0n) is 32.1. The minimum absolute atomic E-state index is 0.219. The average Bonchev–Trinajstić information content (AvgIpc) is 3.65. The van der Waals surface area contributed by atoms with Crippen LogP contribution in [0.1, 0.15) is 169 Å². The fraction of sp³-hybridized carbons (Fsp3) is 0.700. The highest BCUT2D eigenvalue weighted by Gasteiger charge is 2.24. The lowest BCUT2D eigenvalue weighted by Gasteiger charge is -2.16. The molecule has 51 heavy (non-hydrogen) atoms. The number of carbonyl (C=O) groups excluding carboxylic acids is 2. The van der Waals surface area contributed by atoms with Crippen molar-refractivity contribution in [1.82, 2.24) is 19.8 Å². The molecule has 0 bridgehead atoms. The van der Waals surface area contributed by atoms with Crippen molar-refractivity contribution in [1.29, 1.82) is 0 Å². The van der Waals surface area contributed by atoms with Gasteiger partial charge in [0, 0.05) is 22.4 Å². The Kier molecular flexibility index (Phi) is 19.3. The second-order valence-corrected chi connectivity index (χ2v) is 15.3. The summed E-state index contributed by atoms with van der Waals surface area (Å²) in [7, 11) is 0. The number of hydrogen-bond acceptors (Lipinski definition) is 6. The number of fused-ring (bicyclic) bond motifs is 1. The zero-order valence-corrected chi connectivity index (χ0v) is 32.9. The molecule has 2 aromatic heterocycles. The Morgan fingerprint density at radius 2 is 1.10 bits per heavy atom. The lowest BCUT2D eigenvalue weighted by atomic mass is 9.92. The van der Waals surface area contributed by atoms with E-state index in [1.54, 1.807) is 22.8 Å². The minimum atomic E-state index is -0.555. The van der Waals surface area contributed by atoms with E-state index in [0.29, 0.717) is 46.6 Å². The molecule has 286 valence electrons. The first-order valence-corrected chi connectivity index (χ1v) is 20.2. The summed E-state index contributed by atoms with van der Waals surface area (Å²) in [6, 6.07) is 5.16. The Balaban J connectivity index is 1.54. The van der Waals surface area contributed by atoms with Gasteiger partial charge in [-0.25, -0.2) is 14.6 Å². The molecule has 10 nitrogen and oxygen atoms in total. The van der Waals surface area contributed by atoms with Crippen LogP contribution in [-0.2, 0) is 14.9 Å². The Morgan fingerprint density at radius 3 is 1.49 bits per heavy atom. The number of aromatic nitrogens is 4. The van der Waals surface area contributed by atoms with Crippen LogP contribution >= 0.6 is 11.6 Å². The first-order chi connectivity index (χ1) is 24.6. The number of H-pyrrole nitrogens is 1. The van der Waals surface area contributed by atoms with Crippen LogP contribution in [0.2, 0.25) is 5.02 Å². The predicted octanol–water partition coefficient (Wildman–Crippen LogP) is 12.6. The van der Waals surface area contributed by atoms with Crippen LogP contribution in [-0.4, -0.2) is 45.2 Å². The molecule has 0 saturated heterocycles. The number of halogens is 1. The Hall–Kier alpha value is -3.27. The highest BCUT2D eigenvalue weighted by atomic mass is 35.5. The lowest BCUT2D eigenvalue weighted by molar-refractivity contribution is 0.158. The molecule has 2 amide bonds. The van der Waals surface area contributed by atoms with Crippen LogP contribution in [0.5, 0.6) is 0 Å². The topological polar surface area (TPSA) is 123 Å². The normalized spacial score (nSPS) is 11.6. The second-order valence-electron chi connectivity index (χ2n) is 14.9. The third-order valence-corrected chi connectivity index (χ3v) is 9.49. The van der Waals surface area contributed by atoms with Crippen molar-refractivity contribution in [2.75, 3.05) is 23.8 Å². The number of ether oxygens (including phenoxy) is 2. The summed E-state index contributed by atoms with van der Waals surface area (Å²) in [5, 5.41) is 14.0. The van der Waals surface area contributed by atoms with Gasteiger partial charge in [-0.05, 0) is 31.0 Å². The van der Waals surface area contributed by atoms with E-state index in [1.807, 2.05) is 0 Å². The monoisotopic (exact) mass is 728 g/mol. The van der Waals surface area contributed by atoms with E-state index in [-0.39, 0.29) is 5.41 Å². The quantitative estimate of drug-likeness (QED) is 0.0746. The number of unbranched alkanes of at least 4 members (excludes halogenated alkanes) is 18. The minimum Gasteiger partial charge on any atom is -0.449 e. The van der Waals surface area contributed by atoms with E-state index in [1.165, 1.54) is 89.9 Å². The molecule has 0 aliphatic heterocycles. The summed E-state index contributed by atoms with van der Waals surface area (Å²) < 4.78 is 12.5. The number of benzene rings is 1. The summed E-state index contributed by atoms with van der Waals surface area (Å²) >= 11 is 6.68. The molecule has 2 heterocycles. The predicted molar refractivity (Wildman–Crippen MR) is 210 cm³/mol. The maximum atomic E-state index is 12.8. The highest BCUT2D eigenvalue weighted by molar-refractivity contribution is 6.34. The van der Waals surface area contributed by atoms with Crippen molar-refractivity contribution < 1.29 is 19.1 Å². The van der Waals surface area contributed by atoms with E-state index in [0.717, 1.165) is 44.2 Å². The van der Waals surface area contributed by atoms with Gasteiger partial charge in [0.1, 0.15) is 5.02 Å². The summed E-state index contributed by atoms with van der Waals surface area (Å²) in [4.78, 5) is 30.2. The summed E-state index contributed by atoms with van der Waals surface area (Å²) in [6.45, 7) is 11.4. The zero-order chi connectivity index (χ0) is 36.9. The van der Waals surface area contributed by atoms with Gasteiger partial charge in [0.05, 0.1) is 18.9 Å². The SMILES string of the molecule is CCCCCCCCCCCCOC(=O)Nc1cc(NC(=O)OCCCCCCCCCCCC)cc(-c2nc3c(Cl)c(C(C)(C)C)[nH]n3n2)c1. The van der Waals surface area contributed by atoms with Crippen LogP contribution in [0.15, 0.2) is 18.2 Å². The first-order valence-electron chi connectivity index (χ1n) is 19.8. The van der Waals surface area contributed by atoms with Gasteiger partial charge in [-0.2, -0.15) is 4.63 Å². The summed E-state index contributed by atoms with van der Waals surface area (Å²) in [6.07, 6.45) is 23.1. The maximum absolute atomic E-state index is 12.8. The van der Waals surface area contributed by atoms with Gasteiger partial charge in [-0.3, -0.25) is 15.7 Å². The van der Waals surface area contributed by atoms with E-state index < -0.39 is 12.2 Å². The number of amides is 2. The molecule has 3 N–H and O–H groups in total. The molecule has 0 spiro atoms. The van der Waals surface area contributed by atoms with Gasteiger partial charge >= 0.3 is 12.2 Å². The van der Waals surface area contributed by atoms with E-state index in [4.69, 9.17) is 21.1 Å². The van der Waals surface area contributed by atoms with Crippen molar-refractivity contribution in [3.05, 3.63) is 28.9 Å². The number of nitrogens with one attached hydrogen (secondary N) is 3. The largest absolute Gasteiger partial charge is 0.449 e. The molecule has 0 saturated carbocycles. The van der Waals surface area contributed by atoms with Crippen molar-refractivity contribution >= 4 is 40.8 Å². The van der Waals surface area contributed by atoms with Crippen molar-refractivity contribution in [2.45, 2.75) is 168 Å². The Morgan fingerprint density at radius 1 is 0.686 bits per heavy atom. The van der Waals surface area contributed by atoms with E-state index in [9.17, 15) is 9.59 Å². The van der Waals surface area contributed by atoms with Crippen LogP contribution in [0.3, 0.4) is 0 Å². The van der Waals surface area contributed by atoms with E-state index >= 15 is 0 Å². The molecule has 0 aliphatic rings. The van der Waals surface area contributed by atoms with Crippen LogP contribution < -0.4 is 10.6 Å². The van der Waals surface area contributed by atoms with Crippen molar-refractivity contribution in [2.24, 2.45) is 0 Å². The molecule has 0 fully saturated rings. The van der Waals surface area contributed by atoms with E-state index in [2.05, 4.69) is 60.4 Å². The molecule has 11 heteroatoms. The van der Waals surface area contributed by atoms with Crippen LogP contribution in [0.25, 0.3) is 17.0 Å². The van der Waals surface area contributed by atoms with Gasteiger partial charge < -0.3 is 9.47 Å². The number of aromatic amines is 1. The molecule has 0 atom stereocenters. The number of hydrogen-bond donors (Lipinski definition) is 3. The smallest absolute Gasteiger partial charge is 0.411 e. The third-order valence-electron chi connectivity index (χ3n) is 9.14. The first kappa shape index (κ1) is 42.1. The van der Waals surface area contributed by atoms with Gasteiger partial charge in [0.15, 0.2) is 11.5 Å². The second kappa shape index (κ2) is 23.3. The van der Waals surface area contributed by atoms with Gasteiger partial charge in [0.2, 0.25) is 0 Å². The molecule has 3 rings (SSSR count). The molecule has 0 unspecified atom stereocenters. The number of nitrogens with zero attached hydrogens (tertiary/aromatic N) is 3. The third kappa shape index (κ3) is 15.9. The molecular weight excluding hydrogens is 664 g/mol. The average molecular weight is 729 g/mol. The number of rotatable bonds is 25. The standard InChI is InChI=1S/C40H65ClN6O4/c1-6-8-10-12-14-16-18-20-22-24-26-50-38(48)42-32-28-31(36-44-37-34(41)35(40(3,4)5)45-47(37)46-36)29-33(30-32)43-39(49)51-27-25-23-21-19-17-15-13-11-9-7-2/h28-30,45H,6-27H2,1-5H3,(H,42,48)(H,43,49). The molecule has 0 radical (unpaired) electrons. The van der Waals surface area contributed by atoms with Crippen molar-refractivity contribution in [3.63, 3.8) is 0 Å². The number of anilines is 2. The summed E-state index contributed by atoms with van der Waals surface area (Å²) in [5.74, 6) is 0.382. The molecule has 3 aromatic rings. The lowest BCUT2D eigenvalue weighted by Crippen LogP contribution is -2.16. The highest BCUT2D eigenvalue weighted by Crippen LogP contribution is 2.33. The molecular formula is C40H65ClN6O4. The maximum Gasteiger partial charge on any atom is 0.411 e. The number of carbonyl (C=O) groups is 2. The fourth-order valence-corrected chi connectivity index (χ4v) is 6.58.